The lowest BCUT2D eigenvalue weighted by atomic mass is 10.3. The molecule has 1 fully saturated rings. The van der Waals surface area contributed by atoms with Crippen molar-refractivity contribution in [2.24, 2.45) is 0 Å². The average molecular weight is 388 g/mol. The van der Waals surface area contributed by atoms with Gasteiger partial charge in [0.25, 0.3) is 0 Å². The van der Waals surface area contributed by atoms with Crippen LogP contribution in [0.3, 0.4) is 0 Å². The van der Waals surface area contributed by atoms with Crippen molar-refractivity contribution in [1.82, 2.24) is 10.2 Å². The molecule has 0 bridgehead atoms. The molecule has 7 heteroatoms. The first-order valence-corrected chi connectivity index (χ1v) is 8.01. The Morgan fingerprint density at radius 3 is 2.73 bits per heavy atom. The highest BCUT2D eigenvalue weighted by molar-refractivity contribution is 9.12. The van der Waals surface area contributed by atoms with Crippen molar-refractivity contribution < 1.29 is 4.39 Å². The third-order valence-electron chi connectivity index (χ3n) is 3.24. The summed E-state index contributed by atoms with van der Waals surface area (Å²) in [5.41, 5.74) is 0.628. The van der Waals surface area contributed by atoms with Gasteiger partial charge >= 0.3 is 0 Å². The van der Waals surface area contributed by atoms with Gasteiger partial charge in [-0.1, -0.05) is 18.2 Å². The van der Waals surface area contributed by atoms with Gasteiger partial charge in [0.05, 0.1) is 15.3 Å². The number of nitrogens with one attached hydrogen (secondary N) is 3. The molecule has 0 spiro atoms. The first-order chi connectivity index (χ1) is 10.5. The van der Waals surface area contributed by atoms with Crippen LogP contribution in [-0.4, -0.2) is 23.8 Å². The monoisotopic (exact) mass is 386 g/mol. The summed E-state index contributed by atoms with van der Waals surface area (Å²) >= 11 is 9.10. The number of benzene rings is 1. The van der Waals surface area contributed by atoms with Gasteiger partial charge in [0.15, 0.2) is 0 Å². The largest absolute Gasteiger partial charge is 0.356 e. The van der Waals surface area contributed by atoms with Crippen LogP contribution in [0.25, 0.3) is 0 Å². The molecule has 0 amide bonds. The second-order valence-corrected chi connectivity index (χ2v) is 6.17. The van der Waals surface area contributed by atoms with Crippen molar-refractivity contribution in [2.45, 2.75) is 12.8 Å². The smallest absolute Gasteiger partial charge is 0.141 e. The van der Waals surface area contributed by atoms with Crippen LogP contribution in [0.2, 0.25) is 5.02 Å². The van der Waals surface area contributed by atoms with E-state index in [0.717, 1.165) is 25.9 Å². The first kappa shape index (κ1) is 16.8. The highest BCUT2D eigenvalue weighted by Gasteiger charge is 2.16. The SMILES string of the molecule is C=C(NC=C(Br)C(=N)N1CCCC1)Nc1ccc(F)c(Cl)c1. The quantitative estimate of drug-likeness (QED) is 0.522. The van der Waals surface area contributed by atoms with Gasteiger partial charge in [0.1, 0.15) is 11.7 Å². The van der Waals surface area contributed by atoms with Crippen LogP contribution in [0.4, 0.5) is 10.1 Å². The summed E-state index contributed by atoms with van der Waals surface area (Å²) in [5, 5.41) is 14.0. The molecule has 0 saturated carbocycles. The minimum atomic E-state index is -0.465. The van der Waals surface area contributed by atoms with Gasteiger partial charge in [-0.25, -0.2) is 4.39 Å². The van der Waals surface area contributed by atoms with E-state index in [4.69, 9.17) is 17.0 Å². The third-order valence-corrected chi connectivity index (χ3v) is 4.13. The molecule has 3 N–H and O–H groups in total. The Labute approximate surface area is 142 Å². The maximum absolute atomic E-state index is 13.1. The average Bonchev–Trinajstić information content (AvgIpc) is 3.02. The van der Waals surface area contributed by atoms with Crippen LogP contribution >= 0.6 is 27.5 Å². The molecule has 1 aliphatic rings. The summed E-state index contributed by atoms with van der Waals surface area (Å²) in [6.07, 6.45) is 3.90. The third kappa shape index (κ3) is 4.48. The highest BCUT2D eigenvalue weighted by Crippen LogP contribution is 2.20. The van der Waals surface area contributed by atoms with Crippen molar-refractivity contribution in [1.29, 1.82) is 5.41 Å². The molecule has 0 radical (unpaired) electrons. The summed E-state index contributed by atoms with van der Waals surface area (Å²) in [6, 6.07) is 4.33. The molecule has 1 aliphatic heterocycles. The Kier molecular flexibility index (Phi) is 5.85. The minimum absolute atomic E-state index is 0.0466. The number of anilines is 1. The number of amidine groups is 1. The standard InChI is InChI=1S/C15H17BrClFN4/c1-10(21-11-4-5-14(18)13(17)8-11)20-9-12(16)15(19)22-6-2-3-7-22/h4-5,8-9,19-21H,1-3,6-7H2. The second-order valence-electron chi connectivity index (χ2n) is 4.91. The van der Waals surface area contributed by atoms with Crippen LogP contribution < -0.4 is 10.6 Å². The zero-order valence-corrected chi connectivity index (χ0v) is 14.3. The molecule has 0 aliphatic carbocycles. The molecule has 4 nitrogen and oxygen atoms in total. The topological polar surface area (TPSA) is 51.2 Å². The fraction of sp³-hybridized carbons (Fsp3) is 0.267. The molecule has 1 heterocycles. The molecular formula is C15H17BrClFN4. The van der Waals surface area contributed by atoms with Gasteiger partial charge in [0, 0.05) is 25.0 Å². The molecule has 1 aromatic rings. The zero-order valence-electron chi connectivity index (χ0n) is 11.9. The molecule has 0 unspecified atom stereocenters. The van der Waals surface area contributed by atoms with Crippen molar-refractivity contribution >= 4 is 39.1 Å². The Balaban J connectivity index is 1.89. The van der Waals surface area contributed by atoms with Gasteiger partial charge in [-0.05, 0) is 47.0 Å². The molecule has 0 atom stereocenters. The van der Waals surface area contributed by atoms with E-state index in [0.29, 0.717) is 21.8 Å². The van der Waals surface area contributed by atoms with Gasteiger partial charge in [0.2, 0.25) is 0 Å². The Bertz CT molecular complexity index is 612. The molecule has 22 heavy (non-hydrogen) atoms. The number of rotatable bonds is 5. The highest BCUT2D eigenvalue weighted by atomic mass is 79.9. The molecular weight excluding hydrogens is 371 g/mol. The van der Waals surface area contributed by atoms with E-state index in [2.05, 4.69) is 33.1 Å². The van der Waals surface area contributed by atoms with E-state index < -0.39 is 5.82 Å². The summed E-state index contributed by atoms with van der Waals surface area (Å²) in [6.45, 7) is 5.65. The van der Waals surface area contributed by atoms with E-state index in [1.165, 1.54) is 12.1 Å². The molecule has 0 aromatic heterocycles. The maximum atomic E-state index is 13.1. The van der Waals surface area contributed by atoms with Crippen LogP contribution in [-0.2, 0) is 0 Å². The van der Waals surface area contributed by atoms with Crippen LogP contribution in [0.5, 0.6) is 0 Å². The van der Waals surface area contributed by atoms with Crippen LogP contribution in [0.1, 0.15) is 12.8 Å². The van der Waals surface area contributed by atoms with Gasteiger partial charge in [-0.3, -0.25) is 5.41 Å². The van der Waals surface area contributed by atoms with E-state index in [9.17, 15) is 4.39 Å². The minimum Gasteiger partial charge on any atom is -0.356 e. The Morgan fingerprint density at radius 2 is 2.09 bits per heavy atom. The van der Waals surface area contributed by atoms with Crippen molar-refractivity contribution in [3.63, 3.8) is 0 Å². The summed E-state index contributed by atoms with van der Waals surface area (Å²) < 4.78 is 13.7. The van der Waals surface area contributed by atoms with Crippen molar-refractivity contribution in [2.75, 3.05) is 18.4 Å². The number of halogens is 3. The predicted octanol–water partition coefficient (Wildman–Crippen LogP) is 4.26. The van der Waals surface area contributed by atoms with Crippen LogP contribution in [0, 0.1) is 11.2 Å². The van der Waals surface area contributed by atoms with E-state index in [-0.39, 0.29) is 5.02 Å². The first-order valence-electron chi connectivity index (χ1n) is 6.84. The lowest BCUT2D eigenvalue weighted by Gasteiger charge is -2.18. The zero-order chi connectivity index (χ0) is 16.1. The van der Waals surface area contributed by atoms with Gasteiger partial charge in [-0.2, -0.15) is 0 Å². The van der Waals surface area contributed by atoms with Crippen molar-refractivity contribution in [3.8, 4) is 0 Å². The molecule has 2 rings (SSSR count). The molecule has 1 saturated heterocycles. The Hall–Kier alpha value is -1.53. The predicted molar refractivity (Wildman–Crippen MR) is 92.9 cm³/mol. The maximum Gasteiger partial charge on any atom is 0.141 e. The molecule has 118 valence electrons. The number of likely N-dealkylation sites (tertiary alicyclic amines) is 1. The lowest BCUT2D eigenvalue weighted by molar-refractivity contribution is 0.518. The lowest BCUT2D eigenvalue weighted by Crippen LogP contribution is -2.27. The van der Waals surface area contributed by atoms with E-state index >= 15 is 0 Å². The van der Waals surface area contributed by atoms with Gasteiger partial charge in [-0.15, -0.1) is 0 Å². The van der Waals surface area contributed by atoms with Crippen molar-refractivity contribution in [3.05, 3.63) is 52.1 Å². The number of hydrogen-bond acceptors (Lipinski definition) is 3. The summed E-state index contributed by atoms with van der Waals surface area (Å²) in [7, 11) is 0. The van der Waals surface area contributed by atoms with Crippen LogP contribution in [0.15, 0.2) is 41.3 Å². The fourth-order valence-corrected chi connectivity index (χ4v) is 2.64. The number of nitrogens with zero attached hydrogens (tertiary/aromatic N) is 1. The van der Waals surface area contributed by atoms with E-state index in [1.54, 1.807) is 12.3 Å². The second kappa shape index (κ2) is 7.65. The molecule has 1 aromatic carbocycles. The normalized spacial score (nSPS) is 14.9. The number of hydrogen-bond donors (Lipinski definition) is 3. The van der Waals surface area contributed by atoms with Gasteiger partial charge < -0.3 is 15.5 Å². The summed E-state index contributed by atoms with van der Waals surface area (Å²) in [5.74, 6) is 0.476. The Morgan fingerprint density at radius 1 is 1.41 bits per heavy atom. The summed E-state index contributed by atoms with van der Waals surface area (Å²) in [4.78, 5) is 2.01. The fourth-order valence-electron chi connectivity index (χ4n) is 2.09. The van der Waals surface area contributed by atoms with E-state index in [1.807, 2.05) is 4.90 Å².